The highest BCUT2D eigenvalue weighted by atomic mass is 35.5. The summed E-state index contributed by atoms with van der Waals surface area (Å²) in [7, 11) is 1.93. The molecule has 0 saturated heterocycles. The fourth-order valence-electron chi connectivity index (χ4n) is 2.60. The van der Waals surface area contributed by atoms with Crippen LogP contribution in [0.15, 0.2) is 24.3 Å². The molecule has 0 aliphatic heterocycles. The molecule has 0 amide bonds. The highest BCUT2D eigenvalue weighted by Crippen LogP contribution is 2.32. The Kier molecular flexibility index (Phi) is 4.65. The molecule has 0 bridgehead atoms. The van der Waals surface area contributed by atoms with Crippen molar-refractivity contribution in [3.63, 3.8) is 0 Å². The van der Waals surface area contributed by atoms with Gasteiger partial charge in [0.05, 0.1) is 22.3 Å². The number of pyridine rings is 1. The smallest absolute Gasteiger partial charge is 0.160 e. The van der Waals surface area contributed by atoms with Gasteiger partial charge in [-0.3, -0.25) is 4.68 Å². The van der Waals surface area contributed by atoms with Crippen LogP contribution >= 0.6 is 12.4 Å². The Bertz CT molecular complexity index is 765. The van der Waals surface area contributed by atoms with Crippen molar-refractivity contribution in [2.24, 2.45) is 12.8 Å². The zero-order valence-electron chi connectivity index (χ0n) is 12.3. The molecule has 21 heavy (non-hydrogen) atoms. The zero-order chi connectivity index (χ0) is 14.1. The topological polar surface area (TPSA) is 68.8 Å². The van der Waals surface area contributed by atoms with Crippen LogP contribution in [-0.2, 0) is 7.05 Å². The molecule has 0 spiro atoms. The lowest BCUT2D eigenvalue weighted by Gasteiger charge is -2.11. The molecule has 3 rings (SSSR count). The molecule has 0 unspecified atom stereocenters. The number of hydrogen-bond donors (Lipinski definition) is 2. The lowest BCUT2D eigenvalue weighted by Crippen LogP contribution is -2.09. The summed E-state index contributed by atoms with van der Waals surface area (Å²) < 4.78 is 1.84. The summed E-state index contributed by atoms with van der Waals surface area (Å²) in [5.74, 6) is 0. The van der Waals surface area contributed by atoms with Crippen LogP contribution < -0.4 is 11.1 Å². The van der Waals surface area contributed by atoms with Crippen molar-refractivity contribution in [2.75, 3.05) is 18.4 Å². The van der Waals surface area contributed by atoms with E-state index in [2.05, 4.69) is 16.5 Å². The van der Waals surface area contributed by atoms with E-state index in [1.807, 2.05) is 36.9 Å². The van der Waals surface area contributed by atoms with Gasteiger partial charge in [-0.05, 0) is 26.0 Å². The fourth-order valence-corrected chi connectivity index (χ4v) is 2.60. The minimum Gasteiger partial charge on any atom is -0.384 e. The molecule has 3 N–H and O–H groups in total. The van der Waals surface area contributed by atoms with Crippen LogP contribution in [0.2, 0.25) is 0 Å². The van der Waals surface area contributed by atoms with Crippen molar-refractivity contribution in [3.05, 3.63) is 30.0 Å². The van der Waals surface area contributed by atoms with Gasteiger partial charge in [0.2, 0.25) is 0 Å². The van der Waals surface area contributed by atoms with E-state index in [0.717, 1.165) is 46.3 Å². The van der Waals surface area contributed by atoms with Gasteiger partial charge in [0.25, 0.3) is 0 Å². The lowest BCUT2D eigenvalue weighted by atomic mass is 10.1. The largest absolute Gasteiger partial charge is 0.384 e. The Balaban J connectivity index is 0.00000161. The molecule has 112 valence electrons. The molecule has 1 aromatic carbocycles. The highest BCUT2D eigenvalue weighted by molar-refractivity contribution is 6.07. The summed E-state index contributed by atoms with van der Waals surface area (Å²) in [4.78, 5) is 4.72. The third-order valence-electron chi connectivity index (χ3n) is 3.52. The molecule has 0 aliphatic carbocycles. The first-order chi connectivity index (χ1) is 9.72. The number of fused-ring (bicyclic) bond motifs is 2. The van der Waals surface area contributed by atoms with Gasteiger partial charge in [0, 0.05) is 19.0 Å². The number of nitrogens with one attached hydrogen (secondary N) is 1. The maximum Gasteiger partial charge on any atom is 0.160 e. The van der Waals surface area contributed by atoms with E-state index in [1.54, 1.807) is 0 Å². The Labute approximate surface area is 129 Å². The van der Waals surface area contributed by atoms with Crippen molar-refractivity contribution >= 4 is 40.0 Å². The quantitative estimate of drug-likeness (QED) is 0.727. The predicted octanol–water partition coefficient (Wildman–Crippen LogP) is 2.61. The first-order valence-electron chi connectivity index (χ1n) is 6.88. The number of para-hydroxylation sites is 1. The maximum absolute atomic E-state index is 5.58. The summed E-state index contributed by atoms with van der Waals surface area (Å²) in [6, 6.07) is 8.17. The van der Waals surface area contributed by atoms with E-state index >= 15 is 0 Å². The van der Waals surface area contributed by atoms with Crippen LogP contribution in [0.1, 0.15) is 12.1 Å². The van der Waals surface area contributed by atoms with Gasteiger partial charge in [-0.1, -0.05) is 18.2 Å². The molecule has 0 saturated carbocycles. The Morgan fingerprint density at radius 3 is 2.81 bits per heavy atom. The Morgan fingerprint density at radius 1 is 1.29 bits per heavy atom. The number of hydrogen-bond acceptors (Lipinski definition) is 4. The standard InChI is InChI=1S/C15H19N5.ClH/c1-10-13-14(17-9-5-8-16)11-6-3-4-7-12(11)18-15(13)20(2)19-10;/h3-4,6-7H,5,8-9,16H2,1-2H3,(H,17,18);1H. The highest BCUT2D eigenvalue weighted by Gasteiger charge is 2.14. The minimum atomic E-state index is 0. The third kappa shape index (κ3) is 2.66. The van der Waals surface area contributed by atoms with E-state index in [0.29, 0.717) is 6.54 Å². The molecule has 0 atom stereocenters. The van der Waals surface area contributed by atoms with E-state index in [4.69, 9.17) is 10.7 Å². The molecular weight excluding hydrogens is 286 g/mol. The van der Waals surface area contributed by atoms with Gasteiger partial charge in [-0.15, -0.1) is 12.4 Å². The van der Waals surface area contributed by atoms with E-state index in [1.165, 1.54) is 0 Å². The first kappa shape index (κ1) is 15.5. The second-order valence-electron chi connectivity index (χ2n) is 4.98. The molecule has 2 heterocycles. The number of aryl methyl sites for hydroxylation is 2. The zero-order valence-corrected chi connectivity index (χ0v) is 13.1. The second kappa shape index (κ2) is 6.28. The van der Waals surface area contributed by atoms with Gasteiger partial charge < -0.3 is 11.1 Å². The monoisotopic (exact) mass is 305 g/mol. The van der Waals surface area contributed by atoms with Crippen LogP contribution in [0.4, 0.5) is 5.69 Å². The van der Waals surface area contributed by atoms with Gasteiger partial charge >= 0.3 is 0 Å². The lowest BCUT2D eigenvalue weighted by molar-refractivity contribution is 0.775. The molecule has 6 heteroatoms. The molecule has 3 aromatic rings. The van der Waals surface area contributed by atoms with Crippen molar-refractivity contribution < 1.29 is 0 Å². The predicted molar refractivity (Wildman–Crippen MR) is 90.2 cm³/mol. The number of nitrogens with two attached hydrogens (primary N) is 1. The molecule has 2 aromatic heterocycles. The van der Waals surface area contributed by atoms with Crippen LogP contribution in [0, 0.1) is 6.92 Å². The summed E-state index contributed by atoms with van der Waals surface area (Å²) in [5.41, 5.74) is 9.59. The van der Waals surface area contributed by atoms with Gasteiger partial charge in [-0.25, -0.2) is 4.98 Å². The van der Waals surface area contributed by atoms with Crippen molar-refractivity contribution in [2.45, 2.75) is 13.3 Å². The average molecular weight is 306 g/mol. The summed E-state index contributed by atoms with van der Waals surface area (Å²) >= 11 is 0. The van der Waals surface area contributed by atoms with Crippen molar-refractivity contribution in [1.29, 1.82) is 0 Å². The average Bonchev–Trinajstić information content (AvgIpc) is 2.73. The second-order valence-corrected chi connectivity index (χ2v) is 4.98. The van der Waals surface area contributed by atoms with Crippen molar-refractivity contribution in [3.8, 4) is 0 Å². The van der Waals surface area contributed by atoms with Gasteiger partial charge in [0.15, 0.2) is 5.65 Å². The number of benzene rings is 1. The number of aromatic nitrogens is 3. The van der Waals surface area contributed by atoms with Crippen molar-refractivity contribution in [1.82, 2.24) is 14.8 Å². The maximum atomic E-state index is 5.58. The minimum absolute atomic E-state index is 0. The number of anilines is 1. The molecular formula is C15H20ClN5. The Hall–Kier alpha value is -1.85. The molecule has 0 aliphatic rings. The van der Waals surface area contributed by atoms with Crippen LogP contribution in [0.25, 0.3) is 21.9 Å². The van der Waals surface area contributed by atoms with Crippen LogP contribution in [-0.4, -0.2) is 27.9 Å². The Morgan fingerprint density at radius 2 is 2.05 bits per heavy atom. The first-order valence-corrected chi connectivity index (χ1v) is 6.88. The number of halogens is 1. The summed E-state index contributed by atoms with van der Waals surface area (Å²) in [6.45, 7) is 3.56. The van der Waals surface area contributed by atoms with E-state index in [9.17, 15) is 0 Å². The third-order valence-corrected chi connectivity index (χ3v) is 3.52. The molecule has 0 fully saturated rings. The summed E-state index contributed by atoms with van der Waals surface area (Å²) in [5, 5.41) is 10.2. The fraction of sp³-hybridized carbons (Fsp3) is 0.333. The number of rotatable bonds is 4. The normalized spacial score (nSPS) is 10.8. The van der Waals surface area contributed by atoms with Gasteiger partial charge in [0.1, 0.15) is 0 Å². The SMILES string of the molecule is Cc1nn(C)c2nc3ccccc3c(NCCCN)c12.Cl. The van der Waals surface area contributed by atoms with E-state index in [-0.39, 0.29) is 12.4 Å². The summed E-state index contributed by atoms with van der Waals surface area (Å²) in [6.07, 6.45) is 0.942. The molecule has 5 nitrogen and oxygen atoms in total. The number of nitrogens with zero attached hydrogens (tertiary/aromatic N) is 3. The van der Waals surface area contributed by atoms with E-state index < -0.39 is 0 Å². The molecule has 0 radical (unpaired) electrons. The van der Waals surface area contributed by atoms with Crippen LogP contribution in [0.5, 0.6) is 0 Å². The van der Waals surface area contributed by atoms with Gasteiger partial charge in [-0.2, -0.15) is 5.10 Å². The van der Waals surface area contributed by atoms with Crippen LogP contribution in [0.3, 0.4) is 0 Å².